The number of hydrogen-bond donors (Lipinski definition) is 2. The van der Waals surface area contributed by atoms with Gasteiger partial charge in [-0.15, -0.1) is 0 Å². The third kappa shape index (κ3) is 2.67. The van der Waals surface area contributed by atoms with Crippen LogP contribution in [0.25, 0.3) is 0 Å². The molecule has 1 atom stereocenters. The molecular weight excluding hydrogens is 182 g/mol. The Kier molecular flexibility index (Phi) is 3.47. The van der Waals surface area contributed by atoms with Gasteiger partial charge >= 0.3 is 0 Å². The maximum Gasteiger partial charge on any atom is 0.236 e. The highest BCUT2D eigenvalue weighted by molar-refractivity contribution is 5.78. The van der Waals surface area contributed by atoms with E-state index in [4.69, 9.17) is 5.73 Å². The number of carbonyl (C=O) groups excluding carboxylic acids is 1. The molecule has 1 saturated heterocycles. The maximum atomic E-state index is 11.6. The van der Waals surface area contributed by atoms with Crippen molar-refractivity contribution < 1.29 is 9.90 Å². The zero-order valence-corrected chi connectivity index (χ0v) is 8.86. The van der Waals surface area contributed by atoms with Crippen LogP contribution in [0.5, 0.6) is 0 Å². The summed E-state index contributed by atoms with van der Waals surface area (Å²) >= 11 is 0. The molecule has 5 nitrogen and oxygen atoms in total. The third-order valence-electron chi connectivity index (χ3n) is 2.52. The van der Waals surface area contributed by atoms with Crippen molar-refractivity contribution in [2.24, 2.45) is 5.73 Å². The number of hydrogen-bond acceptors (Lipinski definition) is 4. The van der Waals surface area contributed by atoms with Gasteiger partial charge in [0, 0.05) is 13.1 Å². The summed E-state index contributed by atoms with van der Waals surface area (Å²) in [4.78, 5) is 15.1. The number of rotatable bonds is 3. The highest BCUT2D eigenvalue weighted by atomic mass is 16.3. The van der Waals surface area contributed by atoms with E-state index in [0.29, 0.717) is 26.1 Å². The van der Waals surface area contributed by atoms with Gasteiger partial charge in [-0.25, -0.2) is 0 Å². The Bertz CT molecular complexity index is 220. The van der Waals surface area contributed by atoms with Crippen LogP contribution in [-0.2, 0) is 4.79 Å². The van der Waals surface area contributed by atoms with Gasteiger partial charge in [-0.1, -0.05) is 0 Å². The molecule has 0 radical (unpaired) electrons. The fraction of sp³-hybridized carbons (Fsp3) is 0.889. The van der Waals surface area contributed by atoms with Gasteiger partial charge in [0.1, 0.15) is 0 Å². The Balaban J connectivity index is 2.46. The molecule has 1 rings (SSSR count). The zero-order chi connectivity index (χ0) is 10.8. The van der Waals surface area contributed by atoms with Gasteiger partial charge in [0.05, 0.1) is 18.7 Å². The average molecular weight is 201 g/mol. The first-order chi connectivity index (χ1) is 6.47. The van der Waals surface area contributed by atoms with Gasteiger partial charge in [0.15, 0.2) is 0 Å². The van der Waals surface area contributed by atoms with Crippen LogP contribution in [0, 0.1) is 0 Å². The molecule has 82 valence electrons. The van der Waals surface area contributed by atoms with Crippen LogP contribution in [0.1, 0.15) is 6.42 Å². The highest BCUT2D eigenvalue weighted by Crippen LogP contribution is 2.19. The number of aliphatic hydroxyl groups is 1. The standard InChI is InChI=1S/C9H19N3O2/c1-11(2)5-8(13)12-4-3-9(14,6-10)7-12/h14H,3-7,10H2,1-2H3. The van der Waals surface area contributed by atoms with Gasteiger partial charge < -0.3 is 20.6 Å². The van der Waals surface area contributed by atoms with Crippen LogP contribution >= 0.6 is 0 Å². The molecule has 0 spiro atoms. The first-order valence-corrected chi connectivity index (χ1v) is 4.82. The summed E-state index contributed by atoms with van der Waals surface area (Å²) in [5.74, 6) is 0.0550. The van der Waals surface area contributed by atoms with E-state index in [2.05, 4.69) is 0 Å². The van der Waals surface area contributed by atoms with Gasteiger partial charge in [-0.05, 0) is 20.5 Å². The summed E-state index contributed by atoms with van der Waals surface area (Å²) in [6.07, 6.45) is 0.586. The molecule has 1 fully saturated rings. The lowest BCUT2D eigenvalue weighted by Gasteiger charge is -2.22. The van der Waals surface area contributed by atoms with Crippen molar-refractivity contribution in [3.63, 3.8) is 0 Å². The minimum Gasteiger partial charge on any atom is -0.387 e. The maximum absolute atomic E-state index is 11.6. The van der Waals surface area contributed by atoms with E-state index in [0.717, 1.165) is 0 Å². The molecule has 0 aromatic heterocycles. The quantitative estimate of drug-likeness (QED) is 0.581. The molecular formula is C9H19N3O2. The van der Waals surface area contributed by atoms with E-state index in [-0.39, 0.29) is 12.5 Å². The molecule has 1 unspecified atom stereocenters. The summed E-state index contributed by atoms with van der Waals surface area (Å²) in [7, 11) is 3.70. The normalized spacial score (nSPS) is 27.4. The van der Waals surface area contributed by atoms with Crippen LogP contribution in [0.2, 0.25) is 0 Å². The van der Waals surface area contributed by atoms with Crippen LogP contribution in [-0.4, -0.2) is 66.7 Å². The summed E-state index contributed by atoms with van der Waals surface area (Å²) < 4.78 is 0. The molecule has 3 N–H and O–H groups in total. The predicted molar refractivity (Wildman–Crippen MR) is 53.8 cm³/mol. The second-order valence-electron chi connectivity index (χ2n) is 4.23. The first-order valence-electron chi connectivity index (χ1n) is 4.82. The van der Waals surface area contributed by atoms with E-state index in [1.807, 2.05) is 19.0 Å². The minimum atomic E-state index is -0.859. The number of carbonyl (C=O) groups is 1. The van der Waals surface area contributed by atoms with Gasteiger partial charge in [0.2, 0.25) is 5.91 Å². The van der Waals surface area contributed by atoms with Crippen molar-refractivity contribution in [1.29, 1.82) is 0 Å². The monoisotopic (exact) mass is 201 g/mol. The third-order valence-corrected chi connectivity index (χ3v) is 2.52. The number of likely N-dealkylation sites (N-methyl/N-ethyl adjacent to an activating group) is 1. The molecule has 0 bridgehead atoms. The zero-order valence-electron chi connectivity index (χ0n) is 8.86. The summed E-state index contributed by atoms with van der Waals surface area (Å²) in [6, 6.07) is 0. The molecule has 0 aromatic rings. The lowest BCUT2D eigenvalue weighted by atomic mass is 10.0. The predicted octanol–water partition coefficient (Wildman–Crippen LogP) is -1.53. The van der Waals surface area contributed by atoms with E-state index >= 15 is 0 Å². The fourth-order valence-electron chi connectivity index (χ4n) is 1.61. The molecule has 14 heavy (non-hydrogen) atoms. The Labute approximate surface area is 84.5 Å². The molecule has 0 saturated carbocycles. The molecule has 0 aliphatic carbocycles. The van der Waals surface area contributed by atoms with E-state index in [9.17, 15) is 9.90 Å². The van der Waals surface area contributed by atoms with E-state index < -0.39 is 5.60 Å². The second kappa shape index (κ2) is 4.25. The minimum absolute atomic E-state index is 0.0550. The van der Waals surface area contributed by atoms with Crippen LogP contribution in [0.3, 0.4) is 0 Å². The average Bonchev–Trinajstić information content (AvgIpc) is 2.48. The van der Waals surface area contributed by atoms with Crippen molar-refractivity contribution in [2.75, 3.05) is 40.3 Å². The topological polar surface area (TPSA) is 69.8 Å². The number of likely N-dealkylation sites (tertiary alicyclic amines) is 1. The van der Waals surface area contributed by atoms with Crippen LogP contribution < -0.4 is 5.73 Å². The van der Waals surface area contributed by atoms with Crippen LogP contribution in [0.4, 0.5) is 0 Å². The molecule has 1 aliphatic rings. The second-order valence-corrected chi connectivity index (χ2v) is 4.23. The highest BCUT2D eigenvalue weighted by Gasteiger charge is 2.36. The molecule has 1 heterocycles. The van der Waals surface area contributed by atoms with Crippen molar-refractivity contribution in [3.8, 4) is 0 Å². The number of nitrogens with two attached hydrogens (primary N) is 1. The number of nitrogens with zero attached hydrogens (tertiary/aromatic N) is 2. The summed E-state index contributed by atoms with van der Waals surface area (Å²) in [5.41, 5.74) is 4.57. The Morgan fingerprint density at radius 2 is 2.29 bits per heavy atom. The van der Waals surface area contributed by atoms with Crippen molar-refractivity contribution in [3.05, 3.63) is 0 Å². The summed E-state index contributed by atoms with van der Waals surface area (Å²) in [5, 5.41) is 9.82. The van der Waals surface area contributed by atoms with Gasteiger partial charge in [-0.2, -0.15) is 0 Å². The number of amides is 1. The lowest BCUT2D eigenvalue weighted by Crippen LogP contribution is -2.43. The van der Waals surface area contributed by atoms with Crippen molar-refractivity contribution in [2.45, 2.75) is 12.0 Å². The SMILES string of the molecule is CN(C)CC(=O)N1CCC(O)(CN)C1. The van der Waals surface area contributed by atoms with Gasteiger partial charge in [-0.3, -0.25) is 4.79 Å². The van der Waals surface area contributed by atoms with Crippen molar-refractivity contribution in [1.82, 2.24) is 9.80 Å². The molecule has 1 aliphatic heterocycles. The van der Waals surface area contributed by atoms with E-state index in [1.165, 1.54) is 0 Å². The number of β-amino-alcohol motifs (C(OH)–C–C–N with tert-alkyl or cyclic N) is 1. The molecule has 5 heteroatoms. The Hall–Kier alpha value is -0.650. The first kappa shape index (κ1) is 11.4. The fourth-order valence-corrected chi connectivity index (χ4v) is 1.61. The van der Waals surface area contributed by atoms with Gasteiger partial charge in [0.25, 0.3) is 0 Å². The Morgan fingerprint density at radius 1 is 1.64 bits per heavy atom. The Morgan fingerprint density at radius 3 is 2.71 bits per heavy atom. The van der Waals surface area contributed by atoms with Crippen LogP contribution in [0.15, 0.2) is 0 Å². The van der Waals surface area contributed by atoms with Crippen molar-refractivity contribution >= 4 is 5.91 Å². The summed E-state index contributed by atoms with van der Waals surface area (Å²) in [6.45, 7) is 1.59. The largest absolute Gasteiger partial charge is 0.387 e. The smallest absolute Gasteiger partial charge is 0.236 e. The molecule has 1 amide bonds. The van der Waals surface area contributed by atoms with E-state index in [1.54, 1.807) is 4.90 Å². The lowest BCUT2D eigenvalue weighted by molar-refractivity contribution is -0.131. The molecule has 0 aromatic carbocycles.